The van der Waals surface area contributed by atoms with Gasteiger partial charge in [-0.3, -0.25) is 9.35 Å². The van der Waals surface area contributed by atoms with Crippen LogP contribution in [0.15, 0.2) is 75.8 Å². The van der Waals surface area contributed by atoms with E-state index < -0.39 is 26.7 Å². The van der Waals surface area contributed by atoms with Crippen LogP contribution in [-0.2, 0) is 10.1 Å². The quantitative estimate of drug-likeness (QED) is 0.170. The lowest BCUT2D eigenvalue weighted by molar-refractivity contribution is 0.102. The van der Waals surface area contributed by atoms with Crippen molar-refractivity contribution in [2.75, 3.05) is 12.4 Å². The van der Waals surface area contributed by atoms with Crippen LogP contribution < -0.4 is 10.1 Å². The SMILES string of the molecule is COc1cc(Cl)ccc1NC(=O)c1cc2ccccc2c(N=Nc2ccc(Cl)c(S(=O)(=O)O)c2C)c1O. The van der Waals surface area contributed by atoms with Crippen molar-refractivity contribution in [2.45, 2.75) is 11.8 Å². The minimum atomic E-state index is -4.62. The number of anilines is 1. The highest BCUT2D eigenvalue weighted by molar-refractivity contribution is 7.86. The van der Waals surface area contributed by atoms with Crippen LogP contribution in [0.2, 0.25) is 10.0 Å². The van der Waals surface area contributed by atoms with Gasteiger partial charge in [0.1, 0.15) is 16.3 Å². The van der Waals surface area contributed by atoms with Crippen LogP contribution in [0, 0.1) is 6.92 Å². The van der Waals surface area contributed by atoms with Crippen molar-refractivity contribution in [3.8, 4) is 11.5 Å². The van der Waals surface area contributed by atoms with Crippen molar-refractivity contribution in [3.05, 3.63) is 81.8 Å². The molecule has 1 amide bonds. The average Bonchev–Trinajstić information content (AvgIpc) is 2.84. The predicted molar refractivity (Wildman–Crippen MR) is 142 cm³/mol. The maximum atomic E-state index is 13.2. The van der Waals surface area contributed by atoms with E-state index in [4.69, 9.17) is 27.9 Å². The van der Waals surface area contributed by atoms with E-state index >= 15 is 0 Å². The van der Waals surface area contributed by atoms with E-state index in [2.05, 4.69) is 15.5 Å². The summed E-state index contributed by atoms with van der Waals surface area (Å²) >= 11 is 11.9. The van der Waals surface area contributed by atoms with Gasteiger partial charge in [0.05, 0.1) is 29.1 Å². The van der Waals surface area contributed by atoms with Crippen LogP contribution >= 0.6 is 23.2 Å². The fraction of sp³-hybridized carbons (Fsp3) is 0.0800. The molecule has 0 aromatic heterocycles. The van der Waals surface area contributed by atoms with Crippen molar-refractivity contribution in [2.24, 2.45) is 10.2 Å². The number of nitrogens with zero attached hydrogens (tertiary/aromatic N) is 2. The van der Waals surface area contributed by atoms with Gasteiger partial charge in [-0.1, -0.05) is 47.5 Å². The minimum absolute atomic E-state index is 0.0194. The molecule has 4 aromatic carbocycles. The molecule has 0 aliphatic carbocycles. The van der Waals surface area contributed by atoms with E-state index in [0.717, 1.165) is 0 Å². The van der Waals surface area contributed by atoms with E-state index in [-0.39, 0.29) is 27.5 Å². The number of rotatable bonds is 6. The molecule has 0 radical (unpaired) electrons. The molecule has 12 heteroatoms. The van der Waals surface area contributed by atoms with Gasteiger partial charge < -0.3 is 15.2 Å². The Morgan fingerprint density at radius 2 is 1.76 bits per heavy atom. The number of aromatic hydroxyl groups is 1. The number of azo groups is 1. The standard InChI is InChI=1S/C25H19Cl2N3O6S/c1-13-19(10-8-18(27)24(13)37(33,34)35)29-30-22-16-6-4-3-5-14(16)11-17(23(22)31)25(32)28-20-9-7-15(26)12-21(20)36-2/h3-12,31H,1-2H3,(H,28,32)(H,33,34,35). The molecule has 0 atom stereocenters. The first kappa shape index (κ1) is 26.4. The molecule has 0 saturated heterocycles. The van der Waals surface area contributed by atoms with E-state index in [1.807, 2.05) is 0 Å². The summed E-state index contributed by atoms with van der Waals surface area (Å²) in [5.74, 6) is -0.764. The molecule has 0 bridgehead atoms. The molecular formula is C25H19Cl2N3O6S. The second-order valence-electron chi connectivity index (χ2n) is 7.84. The highest BCUT2D eigenvalue weighted by Gasteiger charge is 2.22. The summed E-state index contributed by atoms with van der Waals surface area (Å²) in [4.78, 5) is 12.7. The number of phenolic OH excluding ortho intramolecular Hbond substituents is 1. The zero-order chi connectivity index (χ0) is 26.9. The Balaban J connectivity index is 1.82. The Bertz CT molecular complexity index is 1690. The summed E-state index contributed by atoms with van der Waals surface area (Å²) in [6, 6.07) is 15.8. The van der Waals surface area contributed by atoms with Crippen molar-refractivity contribution >= 4 is 67.1 Å². The topological polar surface area (TPSA) is 138 Å². The minimum Gasteiger partial charge on any atom is -0.505 e. The highest BCUT2D eigenvalue weighted by Crippen LogP contribution is 2.41. The number of hydrogen-bond acceptors (Lipinski definition) is 7. The van der Waals surface area contributed by atoms with E-state index in [9.17, 15) is 22.9 Å². The van der Waals surface area contributed by atoms with Gasteiger partial charge in [-0.05, 0) is 48.2 Å². The van der Waals surface area contributed by atoms with Gasteiger partial charge in [0, 0.05) is 16.5 Å². The first-order chi connectivity index (χ1) is 17.5. The Labute approximate surface area is 222 Å². The first-order valence-electron chi connectivity index (χ1n) is 10.6. The number of carbonyl (C=O) groups excluding carboxylic acids is 1. The van der Waals surface area contributed by atoms with Gasteiger partial charge in [0.2, 0.25) is 0 Å². The van der Waals surface area contributed by atoms with Crippen LogP contribution in [0.4, 0.5) is 17.1 Å². The van der Waals surface area contributed by atoms with E-state index in [1.54, 1.807) is 36.4 Å². The second kappa shape index (κ2) is 10.3. The van der Waals surface area contributed by atoms with Crippen molar-refractivity contribution in [1.82, 2.24) is 0 Å². The molecule has 9 nitrogen and oxygen atoms in total. The third kappa shape index (κ3) is 5.37. The molecule has 3 N–H and O–H groups in total. The van der Waals surface area contributed by atoms with Crippen LogP contribution in [0.25, 0.3) is 10.8 Å². The number of phenols is 1. The third-order valence-corrected chi connectivity index (χ3v) is 7.20. The van der Waals surface area contributed by atoms with Gasteiger partial charge >= 0.3 is 0 Å². The Hall–Kier alpha value is -3.70. The van der Waals surface area contributed by atoms with Gasteiger partial charge in [0.25, 0.3) is 16.0 Å². The van der Waals surface area contributed by atoms with Gasteiger partial charge in [-0.15, -0.1) is 5.11 Å². The molecule has 4 rings (SSSR count). The average molecular weight is 560 g/mol. The monoisotopic (exact) mass is 559 g/mol. The lowest BCUT2D eigenvalue weighted by atomic mass is 10.0. The fourth-order valence-corrected chi connectivity index (χ4v) is 5.19. The summed E-state index contributed by atoms with van der Waals surface area (Å²) in [5.41, 5.74) is 0.375. The zero-order valence-electron chi connectivity index (χ0n) is 19.4. The molecule has 0 fully saturated rings. The molecule has 0 aliphatic rings. The van der Waals surface area contributed by atoms with Gasteiger partial charge in [0.15, 0.2) is 5.75 Å². The first-order valence-corrected chi connectivity index (χ1v) is 12.8. The third-order valence-electron chi connectivity index (χ3n) is 5.50. The number of benzene rings is 4. The number of hydrogen-bond donors (Lipinski definition) is 3. The van der Waals surface area contributed by atoms with E-state index in [0.29, 0.717) is 27.2 Å². The van der Waals surface area contributed by atoms with Gasteiger partial charge in [-0.2, -0.15) is 13.5 Å². The molecule has 0 aliphatic heterocycles. The summed E-state index contributed by atoms with van der Waals surface area (Å²) in [6.07, 6.45) is 0. The van der Waals surface area contributed by atoms with Crippen molar-refractivity contribution in [1.29, 1.82) is 0 Å². The maximum Gasteiger partial charge on any atom is 0.296 e. The molecule has 0 heterocycles. The van der Waals surface area contributed by atoms with E-state index in [1.165, 1.54) is 38.3 Å². The number of halogens is 2. The van der Waals surface area contributed by atoms with Crippen molar-refractivity contribution in [3.63, 3.8) is 0 Å². The Kier molecular flexibility index (Phi) is 7.37. The maximum absolute atomic E-state index is 13.2. The summed E-state index contributed by atoms with van der Waals surface area (Å²) in [5, 5.41) is 23.3. The van der Waals surface area contributed by atoms with Crippen molar-refractivity contribution < 1.29 is 27.6 Å². The number of nitrogens with one attached hydrogen (secondary N) is 1. The fourth-order valence-electron chi connectivity index (χ4n) is 3.73. The summed E-state index contributed by atoms with van der Waals surface area (Å²) < 4.78 is 38.3. The second-order valence-corrected chi connectivity index (χ2v) is 10.0. The van der Waals surface area contributed by atoms with Gasteiger partial charge in [-0.25, -0.2) is 0 Å². The number of methoxy groups -OCH3 is 1. The lowest BCUT2D eigenvalue weighted by Gasteiger charge is -2.13. The predicted octanol–water partition coefficient (Wildman–Crippen LogP) is 7.08. The molecule has 190 valence electrons. The largest absolute Gasteiger partial charge is 0.505 e. The molecular weight excluding hydrogens is 541 g/mol. The molecule has 0 spiro atoms. The highest BCUT2D eigenvalue weighted by atomic mass is 35.5. The zero-order valence-corrected chi connectivity index (χ0v) is 21.7. The lowest BCUT2D eigenvalue weighted by Crippen LogP contribution is -2.13. The number of ether oxygens (including phenoxy) is 1. The molecule has 0 saturated carbocycles. The molecule has 4 aromatic rings. The number of amides is 1. The normalized spacial score (nSPS) is 11.7. The number of fused-ring (bicyclic) bond motifs is 1. The van der Waals surface area contributed by atoms with Crippen LogP contribution in [0.1, 0.15) is 15.9 Å². The summed E-state index contributed by atoms with van der Waals surface area (Å²) in [7, 11) is -3.19. The smallest absolute Gasteiger partial charge is 0.296 e. The van der Waals surface area contributed by atoms with Crippen LogP contribution in [0.3, 0.4) is 0 Å². The van der Waals surface area contributed by atoms with Crippen LogP contribution in [0.5, 0.6) is 11.5 Å². The Morgan fingerprint density at radius 1 is 1.03 bits per heavy atom. The number of carbonyl (C=O) groups is 1. The Morgan fingerprint density at radius 3 is 2.46 bits per heavy atom. The molecule has 0 unspecified atom stereocenters. The molecule has 37 heavy (non-hydrogen) atoms. The summed E-state index contributed by atoms with van der Waals surface area (Å²) in [6.45, 7) is 1.41. The van der Waals surface area contributed by atoms with Crippen LogP contribution in [-0.4, -0.2) is 31.1 Å².